The monoisotopic (exact) mass is 447 g/mol. The zero-order valence-electron chi connectivity index (χ0n) is 14.4. The molecular weight excluding hydrogens is 430 g/mol. The van der Waals surface area contributed by atoms with Gasteiger partial charge in [0, 0.05) is 4.47 Å². The van der Waals surface area contributed by atoms with Crippen LogP contribution in [0.5, 0.6) is 5.88 Å². The molecule has 1 aliphatic rings. The second-order valence-corrected chi connectivity index (χ2v) is 9.10. The van der Waals surface area contributed by atoms with Crippen LogP contribution in [0.25, 0.3) is 11.0 Å². The Hall–Kier alpha value is -2.19. The van der Waals surface area contributed by atoms with E-state index in [1.165, 1.54) is 25.0 Å². The summed E-state index contributed by atoms with van der Waals surface area (Å²) in [4.78, 5) is 9.04. The Morgan fingerprint density at radius 1 is 1.04 bits per heavy atom. The highest BCUT2D eigenvalue weighted by atomic mass is 79.9. The fourth-order valence-electron chi connectivity index (χ4n) is 2.68. The highest BCUT2D eigenvalue weighted by molar-refractivity contribution is 9.10. The smallest absolute Gasteiger partial charge is 0.263 e. The third kappa shape index (κ3) is 4.39. The van der Waals surface area contributed by atoms with E-state index in [4.69, 9.17) is 4.74 Å². The van der Waals surface area contributed by atoms with E-state index < -0.39 is 10.0 Å². The summed E-state index contributed by atoms with van der Waals surface area (Å²) in [6.45, 7) is 0.491. The van der Waals surface area contributed by atoms with Crippen LogP contribution < -0.4 is 9.46 Å². The lowest BCUT2D eigenvalue weighted by Gasteiger charge is -2.13. The fraction of sp³-hybridized carbons (Fsp3) is 0.263. The molecule has 0 radical (unpaired) electrons. The number of nitrogens with one attached hydrogen (secondary N) is 1. The molecule has 2 aromatic carbocycles. The quantitative estimate of drug-likeness (QED) is 0.581. The molecule has 0 amide bonds. The highest BCUT2D eigenvalue weighted by Gasteiger charge is 2.23. The minimum Gasteiger partial charge on any atom is -0.475 e. The summed E-state index contributed by atoms with van der Waals surface area (Å²) in [5.74, 6) is 1.02. The molecule has 1 fully saturated rings. The van der Waals surface area contributed by atoms with Crippen LogP contribution in [0.3, 0.4) is 0 Å². The van der Waals surface area contributed by atoms with Crippen molar-refractivity contribution in [3.05, 3.63) is 53.0 Å². The van der Waals surface area contributed by atoms with Gasteiger partial charge >= 0.3 is 0 Å². The lowest BCUT2D eigenvalue weighted by atomic mass is 10.3. The summed E-state index contributed by atoms with van der Waals surface area (Å²) >= 11 is 3.31. The first-order valence-electron chi connectivity index (χ1n) is 8.69. The van der Waals surface area contributed by atoms with Gasteiger partial charge in [-0.15, -0.1) is 0 Å². The average Bonchev–Trinajstić information content (AvgIpc) is 3.46. The third-order valence-electron chi connectivity index (χ3n) is 4.36. The van der Waals surface area contributed by atoms with Crippen molar-refractivity contribution in [2.24, 2.45) is 5.92 Å². The predicted octanol–water partition coefficient (Wildman–Crippen LogP) is 4.37. The van der Waals surface area contributed by atoms with Crippen molar-refractivity contribution in [2.75, 3.05) is 11.3 Å². The molecule has 140 valence electrons. The number of ether oxygens (including phenoxy) is 1. The van der Waals surface area contributed by atoms with Gasteiger partial charge in [0.2, 0.25) is 5.82 Å². The van der Waals surface area contributed by atoms with Crippen molar-refractivity contribution >= 4 is 42.8 Å². The summed E-state index contributed by atoms with van der Waals surface area (Å²) in [5.41, 5.74) is 1.26. The number of fused-ring (bicyclic) bond motifs is 1. The molecule has 0 saturated heterocycles. The van der Waals surface area contributed by atoms with Crippen molar-refractivity contribution in [3.63, 3.8) is 0 Å². The molecule has 4 rings (SSSR count). The van der Waals surface area contributed by atoms with Crippen molar-refractivity contribution in [1.82, 2.24) is 9.97 Å². The SMILES string of the molecule is O=S(=O)(Nc1nc2ccccc2nc1OCCC1CC1)c1ccc(Br)cc1. The Kier molecular flexibility index (Phi) is 5.01. The molecule has 3 aromatic rings. The molecule has 6 nitrogen and oxygen atoms in total. The average molecular weight is 448 g/mol. The second-order valence-electron chi connectivity index (χ2n) is 6.51. The fourth-order valence-corrected chi connectivity index (χ4v) is 3.94. The first kappa shape index (κ1) is 18.2. The van der Waals surface area contributed by atoms with Gasteiger partial charge < -0.3 is 4.74 Å². The molecule has 1 aromatic heterocycles. The molecule has 1 N–H and O–H groups in total. The maximum absolute atomic E-state index is 12.7. The number of rotatable bonds is 7. The molecule has 27 heavy (non-hydrogen) atoms. The molecule has 0 unspecified atom stereocenters. The van der Waals surface area contributed by atoms with Gasteiger partial charge in [0.1, 0.15) is 0 Å². The van der Waals surface area contributed by atoms with Crippen LogP contribution in [0.4, 0.5) is 5.82 Å². The van der Waals surface area contributed by atoms with Crippen molar-refractivity contribution in [2.45, 2.75) is 24.2 Å². The number of hydrogen-bond acceptors (Lipinski definition) is 5. The Balaban J connectivity index is 1.66. The van der Waals surface area contributed by atoms with E-state index in [0.29, 0.717) is 23.6 Å². The Morgan fingerprint density at radius 2 is 1.70 bits per heavy atom. The maximum atomic E-state index is 12.7. The number of sulfonamides is 1. The van der Waals surface area contributed by atoms with Crippen molar-refractivity contribution < 1.29 is 13.2 Å². The van der Waals surface area contributed by atoms with Crippen LogP contribution in [0.2, 0.25) is 0 Å². The minimum absolute atomic E-state index is 0.104. The van der Waals surface area contributed by atoms with Crippen molar-refractivity contribution in [1.29, 1.82) is 0 Å². The minimum atomic E-state index is -3.80. The summed E-state index contributed by atoms with van der Waals surface area (Å²) in [6.07, 6.45) is 3.40. The number of para-hydroxylation sites is 2. The zero-order chi connectivity index (χ0) is 18.9. The normalized spacial score (nSPS) is 14.3. The van der Waals surface area contributed by atoms with E-state index in [1.807, 2.05) is 18.2 Å². The first-order chi connectivity index (χ1) is 13.0. The zero-order valence-corrected chi connectivity index (χ0v) is 16.8. The summed E-state index contributed by atoms with van der Waals surface area (Å²) in [5, 5.41) is 0. The van der Waals surface area contributed by atoms with Gasteiger partial charge in [-0.25, -0.2) is 18.4 Å². The molecule has 0 bridgehead atoms. The van der Waals surface area contributed by atoms with E-state index >= 15 is 0 Å². The lowest BCUT2D eigenvalue weighted by molar-refractivity contribution is 0.293. The van der Waals surface area contributed by atoms with E-state index in [0.717, 1.165) is 10.9 Å². The molecule has 0 spiro atoms. The van der Waals surface area contributed by atoms with E-state index in [-0.39, 0.29) is 16.6 Å². The summed E-state index contributed by atoms with van der Waals surface area (Å²) < 4.78 is 34.6. The van der Waals surface area contributed by atoms with E-state index in [9.17, 15) is 8.42 Å². The number of halogens is 1. The molecular formula is C19H18BrN3O3S. The van der Waals surface area contributed by atoms with Gasteiger partial charge in [-0.1, -0.05) is 40.9 Å². The van der Waals surface area contributed by atoms with Gasteiger partial charge in [0.25, 0.3) is 15.9 Å². The summed E-state index contributed by atoms with van der Waals surface area (Å²) in [6, 6.07) is 13.7. The molecule has 0 atom stereocenters. The van der Waals surface area contributed by atoms with Crippen LogP contribution in [0.1, 0.15) is 19.3 Å². The van der Waals surface area contributed by atoms with Crippen LogP contribution >= 0.6 is 15.9 Å². The van der Waals surface area contributed by atoms with Gasteiger partial charge in [-0.2, -0.15) is 0 Å². The molecule has 0 aliphatic heterocycles. The topological polar surface area (TPSA) is 81.2 Å². The van der Waals surface area contributed by atoms with Gasteiger partial charge in [-0.05, 0) is 48.7 Å². The van der Waals surface area contributed by atoms with Crippen LogP contribution in [-0.4, -0.2) is 25.0 Å². The molecule has 1 saturated carbocycles. The lowest BCUT2D eigenvalue weighted by Crippen LogP contribution is -2.16. The first-order valence-corrected chi connectivity index (χ1v) is 11.0. The van der Waals surface area contributed by atoms with Gasteiger partial charge in [0.15, 0.2) is 0 Å². The predicted molar refractivity (Wildman–Crippen MR) is 107 cm³/mol. The molecule has 1 heterocycles. The largest absolute Gasteiger partial charge is 0.475 e. The van der Waals surface area contributed by atoms with Crippen LogP contribution in [0.15, 0.2) is 57.9 Å². The number of anilines is 1. The van der Waals surface area contributed by atoms with Crippen LogP contribution in [0, 0.1) is 5.92 Å². The van der Waals surface area contributed by atoms with E-state index in [1.54, 1.807) is 18.2 Å². The number of benzene rings is 2. The Bertz CT molecular complexity index is 1070. The van der Waals surface area contributed by atoms with Gasteiger partial charge in [0.05, 0.1) is 22.5 Å². The highest BCUT2D eigenvalue weighted by Crippen LogP contribution is 2.33. The second kappa shape index (κ2) is 7.44. The summed E-state index contributed by atoms with van der Waals surface area (Å²) in [7, 11) is -3.80. The van der Waals surface area contributed by atoms with E-state index in [2.05, 4.69) is 30.6 Å². The number of aromatic nitrogens is 2. The maximum Gasteiger partial charge on any atom is 0.263 e. The third-order valence-corrected chi connectivity index (χ3v) is 6.24. The van der Waals surface area contributed by atoms with Crippen molar-refractivity contribution in [3.8, 4) is 5.88 Å². The van der Waals surface area contributed by atoms with Gasteiger partial charge in [-0.3, -0.25) is 4.72 Å². The Morgan fingerprint density at radius 3 is 2.37 bits per heavy atom. The number of nitrogens with zero attached hydrogens (tertiary/aromatic N) is 2. The Labute approximate surface area is 166 Å². The van der Waals surface area contributed by atoms with Crippen LogP contribution in [-0.2, 0) is 10.0 Å². The standard InChI is InChI=1S/C19H18BrN3O3S/c20-14-7-9-15(10-8-14)27(24,25)23-18-19(26-12-11-13-5-6-13)22-17-4-2-1-3-16(17)21-18/h1-4,7-10,13H,5-6,11-12H2,(H,21,23). The molecule has 8 heteroatoms. The number of hydrogen-bond donors (Lipinski definition) is 1. The molecule has 1 aliphatic carbocycles.